The molecule has 0 aliphatic rings. The predicted octanol–water partition coefficient (Wildman–Crippen LogP) is 3.61. The van der Waals surface area contributed by atoms with Gasteiger partial charge in [0.05, 0.1) is 4.90 Å². The van der Waals surface area contributed by atoms with Crippen molar-refractivity contribution in [1.29, 1.82) is 0 Å². The summed E-state index contributed by atoms with van der Waals surface area (Å²) < 4.78 is 41.3. The van der Waals surface area contributed by atoms with E-state index in [2.05, 4.69) is 5.32 Å². The summed E-state index contributed by atoms with van der Waals surface area (Å²) in [6, 6.07) is 22.6. The highest BCUT2D eigenvalue weighted by Gasteiger charge is 2.30. The van der Waals surface area contributed by atoms with Gasteiger partial charge < -0.3 is 10.2 Å². The van der Waals surface area contributed by atoms with Crippen LogP contribution in [-0.2, 0) is 32.6 Å². The summed E-state index contributed by atoms with van der Waals surface area (Å²) in [5.74, 6) is -1.19. The maximum atomic E-state index is 14.5. The lowest BCUT2D eigenvalue weighted by molar-refractivity contribution is -0.141. The number of amides is 2. The number of hydrogen-bond donors (Lipinski definition) is 1. The van der Waals surface area contributed by atoms with Gasteiger partial charge in [-0.15, -0.1) is 0 Å². The van der Waals surface area contributed by atoms with Gasteiger partial charge in [0.15, 0.2) is 0 Å². The van der Waals surface area contributed by atoms with Gasteiger partial charge in [-0.3, -0.25) is 9.59 Å². The molecular formula is C28H32FN3O4S. The van der Waals surface area contributed by atoms with E-state index < -0.39 is 21.9 Å². The lowest BCUT2D eigenvalue weighted by Crippen LogP contribution is -2.50. The molecule has 3 rings (SSSR count). The van der Waals surface area contributed by atoms with E-state index in [1.54, 1.807) is 36.4 Å². The van der Waals surface area contributed by atoms with Gasteiger partial charge in [0.2, 0.25) is 21.8 Å². The van der Waals surface area contributed by atoms with Crippen LogP contribution < -0.4 is 5.32 Å². The van der Waals surface area contributed by atoms with E-state index in [4.69, 9.17) is 0 Å². The third-order valence-electron chi connectivity index (χ3n) is 6.13. The molecule has 9 heteroatoms. The normalized spacial score (nSPS) is 12.2. The largest absolute Gasteiger partial charge is 0.357 e. The number of halogens is 1. The van der Waals surface area contributed by atoms with Gasteiger partial charge >= 0.3 is 0 Å². The lowest BCUT2D eigenvalue weighted by Gasteiger charge is -2.31. The molecule has 0 saturated carbocycles. The van der Waals surface area contributed by atoms with Crippen LogP contribution in [0.25, 0.3) is 0 Å². The first kappa shape index (κ1) is 28.0. The fourth-order valence-corrected chi connectivity index (χ4v) is 5.25. The number of hydrogen-bond acceptors (Lipinski definition) is 4. The third kappa shape index (κ3) is 7.47. The SMILES string of the molecule is CNC(=O)[C@@H](Cc1ccccc1)N(Cc1ccccc1F)C(=O)CCCN(C)S(=O)(=O)c1ccccc1. The minimum absolute atomic E-state index is 0.00855. The standard InChI is InChI=1S/C28H32FN3O4S/c1-30-28(34)26(20-22-12-5-3-6-13-22)32(21-23-14-9-10-17-25(23)29)27(33)18-11-19-31(2)37(35,36)24-15-7-4-8-16-24/h3-10,12-17,26H,11,18-21H2,1-2H3,(H,30,34)/t26-/m1/s1. The smallest absolute Gasteiger partial charge is 0.242 e. The maximum absolute atomic E-state index is 14.5. The molecule has 3 aromatic rings. The van der Waals surface area contributed by atoms with Crippen LogP contribution in [0, 0.1) is 5.82 Å². The van der Waals surface area contributed by atoms with E-state index >= 15 is 0 Å². The third-order valence-corrected chi connectivity index (χ3v) is 8.00. The first-order chi connectivity index (χ1) is 17.7. The summed E-state index contributed by atoms with van der Waals surface area (Å²) in [6.45, 7) is 0.0222. The van der Waals surface area contributed by atoms with Gasteiger partial charge in [0.25, 0.3) is 0 Å². The van der Waals surface area contributed by atoms with Crippen molar-refractivity contribution >= 4 is 21.8 Å². The second kappa shape index (κ2) is 13.1. The first-order valence-electron chi connectivity index (χ1n) is 12.0. The monoisotopic (exact) mass is 525 g/mol. The van der Waals surface area contributed by atoms with E-state index in [1.807, 2.05) is 30.3 Å². The molecule has 0 aliphatic heterocycles. The van der Waals surface area contributed by atoms with E-state index in [9.17, 15) is 22.4 Å². The zero-order valence-electron chi connectivity index (χ0n) is 21.0. The Morgan fingerprint density at radius 2 is 1.51 bits per heavy atom. The van der Waals surface area contributed by atoms with Crippen molar-refractivity contribution in [2.45, 2.75) is 36.7 Å². The second-order valence-electron chi connectivity index (χ2n) is 8.68. The van der Waals surface area contributed by atoms with Gasteiger partial charge in [-0.2, -0.15) is 0 Å². The van der Waals surface area contributed by atoms with Crippen LogP contribution in [0.5, 0.6) is 0 Å². The molecule has 196 valence electrons. The lowest BCUT2D eigenvalue weighted by atomic mass is 10.0. The highest BCUT2D eigenvalue weighted by Crippen LogP contribution is 2.19. The Morgan fingerprint density at radius 1 is 0.919 bits per heavy atom. The zero-order chi connectivity index (χ0) is 26.8. The van der Waals surface area contributed by atoms with Crippen LogP contribution in [0.2, 0.25) is 0 Å². The molecule has 0 fully saturated rings. The number of carbonyl (C=O) groups is 2. The number of benzene rings is 3. The van der Waals surface area contributed by atoms with Crippen LogP contribution in [0.1, 0.15) is 24.0 Å². The zero-order valence-corrected chi connectivity index (χ0v) is 21.8. The minimum Gasteiger partial charge on any atom is -0.357 e. The Balaban J connectivity index is 1.79. The fraction of sp³-hybridized carbons (Fsp3) is 0.286. The summed E-state index contributed by atoms with van der Waals surface area (Å²) in [7, 11) is -0.731. The van der Waals surface area contributed by atoms with E-state index in [0.717, 1.165) is 5.56 Å². The summed E-state index contributed by atoms with van der Waals surface area (Å²) in [6.07, 6.45) is 0.481. The predicted molar refractivity (Wildman–Crippen MR) is 140 cm³/mol. The Bertz CT molecular complexity index is 1290. The molecular weight excluding hydrogens is 493 g/mol. The van der Waals surface area contributed by atoms with Gasteiger partial charge in [-0.05, 0) is 30.2 Å². The Morgan fingerprint density at radius 3 is 2.14 bits per heavy atom. The molecule has 0 aromatic heterocycles. The quantitative estimate of drug-likeness (QED) is 0.391. The highest BCUT2D eigenvalue weighted by molar-refractivity contribution is 7.89. The number of nitrogens with one attached hydrogen (secondary N) is 1. The van der Waals surface area contributed by atoms with Gasteiger partial charge in [0, 0.05) is 45.6 Å². The molecule has 3 aromatic carbocycles. The maximum Gasteiger partial charge on any atom is 0.242 e. The molecule has 0 unspecified atom stereocenters. The number of nitrogens with zero attached hydrogens (tertiary/aromatic N) is 2. The number of rotatable bonds is 12. The van der Waals surface area contributed by atoms with Crippen LogP contribution in [0.15, 0.2) is 89.8 Å². The average molecular weight is 526 g/mol. The van der Waals surface area contributed by atoms with Crippen LogP contribution in [0.4, 0.5) is 4.39 Å². The molecule has 0 heterocycles. The molecule has 2 amide bonds. The Hall–Kier alpha value is -3.56. The molecule has 37 heavy (non-hydrogen) atoms. The molecule has 0 bridgehead atoms. The molecule has 0 saturated heterocycles. The van der Waals surface area contributed by atoms with Crippen molar-refractivity contribution in [3.8, 4) is 0 Å². The molecule has 1 N–H and O–H groups in total. The molecule has 0 radical (unpaired) electrons. The average Bonchev–Trinajstić information content (AvgIpc) is 2.92. The van der Waals surface area contributed by atoms with E-state index in [-0.39, 0.29) is 49.1 Å². The summed E-state index contributed by atoms with van der Waals surface area (Å²) >= 11 is 0. The van der Waals surface area contributed by atoms with Crippen molar-refractivity contribution in [2.24, 2.45) is 0 Å². The first-order valence-corrected chi connectivity index (χ1v) is 13.5. The van der Waals surface area contributed by atoms with Crippen molar-refractivity contribution < 1.29 is 22.4 Å². The number of likely N-dealkylation sites (N-methyl/N-ethyl adjacent to an activating group) is 1. The van der Waals surface area contributed by atoms with Crippen molar-refractivity contribution in [1.82, 2.24) is 14.5 Å². The van der Waals surface area contributed by atoms with Gasteiger partial charge in [-0.1, -0.05) is 66.7 Å². The molecule has 0 spiro atoms. The van der Waals surface area contributed by atoms with Gasteiger partial charge in [0.1, 0.15) is 11.9 Å². The number of carbonyl (C=O) groups excluding carboxylic acids is 2. The van der Waals surface area contributed by atoms with Crippen molar-refractivity contribution in [3.63, 3.8) is 0 Å². The van der Waals surface area contributed by atoms with Crippen molar-refractivity contribution in [3.05, 3.63) is 102 Å². The van der Waals surface area contributed by atoms with Crippen LogP contribution >= 0.6 is 0 Å². The van der Waals surface area contributed by atoms with Gasteiger partial charge in [-0.25, -0.2) is 17.1 Å². The summed E-state index contributed by atoms with van der Waals surface area (Å²) in [5, 5.41) is 2.62. The second-order valence-corrected chi connectivity index (χ2v) is 10.7. The van der Waals surface area contributed by atoms with Crippen molar-refractivity contribution in [2.75, 3.05) is 20.6 Å². The Labute approximate surface area is 218 Å². The van der Waals surface area contributed by atoms with E-state index in [1.165, 1.54) is 41.5 Å². The molecule has 1 atom stereocenters. The highest BCUT2D eigenvalue weighted by atomic mass is 32.2. The Kier molecular flexibility index (Phi) is 9.93. The van der Waals surface area contributed by atoms with E-state index in [0.29, 0.717) is 5.56 Å². The topological polar surface area (TPSA) is 86.8 Å². The molecule has 0 aliphatic carbocycles. The summed E-state index contributed by atoms with van der Waals surface area (Å²) in [4.78, 5) is 27.9. The molecule has 7 nitrogen and oxygen atoms in total. The minimum atomic E-state index is -3.69. The number of sulfonamides is 1. The fourth-order valence-electron chi connectivity index (χ4n) is 4.02. The summed E-state index contributed by atoms with van der Waals surface area (Å²) in [5.41, 5.74) is 1.15. The van der Waals surface area contributed by atoms with Crippen LogP contribution in [-0.4, -0.2) is 56.1 Å². The van der Waals surface area contributed by atoms with Crippen LogP contribution in [0.3, 0.4) is 0 Å².